The molecule has 1 heterocycles. The van der Waals surface area contributed by atoms with E-state index in [0.717, 1.165) is 4.90 Å². The summed E-state index contributed by atoms with van der Waals surface area (Å²) in [6.07, 6.45) is 0. The Balaban J connectivity index is 2.44. The van der Waals surface area contributed by atoms with Gasteiger partial charge in [-0.1, -0.05) is 0 Å². The number of hydrogen-bond donors (Lipinski definition) is 3. The summed E-state index contributed by atoms with van der Waals surface area (Å²) in [5.74, 6) is -0.895. The van der Waals surface area contributed by atoms with Gasteiger partial charge in [0.05, 0.1) is 13.2 Å². The minimum Gasteiger partial charge on any atom is -0.394 e. The maximum atomic E-state index is 11.3. The van der Waals surface area contributed by atoms with Crippen LogP contribution >= 0.6 is 0 Å². The van der Waals surface area contributed by atoms with E-state index in [9.17, 15) is 14.4 Å². The molecule has 1 fully saturated rings. The lowest BCUT2D eigenvalue weighted by Gasteiger charge is -2.14. The number of rotatable bonds is 4. The Bertz CT molecular complexity index is 276. The van der Waals surface area contributed by atoms with Crippen LogP contribution in [0.1, 0.15) is 6.92 Å². The second-order valence-corrected chi connectivity index (χ2v) is 3.29. The lowest BCUT2D eigenvalue weighted by Crippen LogP contribution is -2.44. The zero-order chi connectivity index (χ0) is 11.4. The third-order valence-corrected chi connectivity index (χ3v) is 1.92. The Hall–Kier alpha value is -1.63. The third-order valence-electron chi connectivity index (χ3n) is 1.92. The average Bonchev–Trinajstić information content (AvgIpc) is 2.49. The molecule has 0 spiro atoms. The number of aliphatic hydroxyl groups excluding tert-OH is 1. The SMILES string of the molecule is CC(CO)NC(=O)CN1C(=O)CNC1=O. The Morgan fingerprint density at radius 2 is 2.33 bits per heavy atom. The van der Waals surface area contributed by atoms with Crippen LogP contribution in [-0.2, 0) is 9.59 Å². The molecule has 0 aromatic carbocycles. The van der Waals surface area contributed by atoms with Crippen molar-refractivity contribution in [1.82, 2.24) is 15.5 Å². The van der Waals surface area contributed by atoms with Crippen LogP contribution < -0.4 is 10.6 Å². The van der Waals surface area contributed by atoms with Gasteiger partial charge in [-0.15, -0.1) is 0 Å². The van der Waals surface area contributed by atoms with Crippen molar-refractivity contribution in [2.75, 3.05) is 19.7 Å². The van der Waals surface area contributed by atoms with Crippen LogP contribution in [0.2, 0.25) is 0 Å². The molecule has 1 aliphatic rings. The Morgan fingerprint density at radius 1 is 1.67 bits per heavy atom. The standard InChI is InChI=1S/C8H13N3O4/c1-5(4-12)10-6(13)3-11-7(14)2-9-8(11)15/h5,12H,2-4H2,1H3,(H,9,15)(H,10,13). The van der Waals surface area contributed by atoms with Gasteiger partial charge in [0.2, 0.25) is 5.91 Å². The summed E-state index contributed by atoms with van der Waals surface area (Å²) in [5.41, 5.74) is 0. The fourth-order valence-corrected chi connectivity index (χ4v) is 1.13. The molecule has 7 nitrogen and oxygen atoms in total. The van der Waals surface area contributed by atoms with E-state index in [-0.39, 0.29) is 19.7 Å². The molecule has 1 atom stereocenters. The van der Waals surface area contributed by atoms with Gasteiger partial charge < -0.3 is 15.7 Å². The lowest BCUT2D eigenvalue weighted by atomic mass is 10.3. The van der Waals surface area contributed by atoms with Crippen molar-refractivity contribution < 1.29 is 19.5 Å². The summed E-state index contributed by atoms with van der Waals surface area (Å²) in [7, 11) is 0. The van der Waals surface area contributed by atoms with Crippen LogP contribution in [0.5, 0.6) is 0 Å². The normalized spacial score (nSPS) is 17.6. The number of urea groups is 1. The van der Waals surface area contributed by atoms with Crippen molar-refractivity contribution in [2.24, 2.45) is 0 Å². The number of nitrogens with zero attached hydrogens (tertiary/aromatic N) is 1. The topological polar surface area (TPSA) is 98.7 Å². The minimum absolute atomic E-state index is 0.0678. The molecule has 1 unspecified atom stereocenters. The molecule has 0 aromatic rings. The van der Waals surface area contributed by atoms with Crippen molar-refractivity contribution in [3.63, 3.8) is 0 Å². The highest BCUT2D eigenvalue weighted by atomic mass is 16.3. The van der Waals surface area contributed by atoms with Gasteiger partial charge in [0.25, 0.3) is 5.91 Å². The lowest BCUT2D eigenvalue weighted by molar-refractivity contribution is -0.131. The van der Waals surface area contributed by atoms with Crippen LogP contribution in [0.15, 0.2) is 0 Å². The monoisotopic (exact) mass is 215 g/mol. The molecule has 0 radical (unpaired) electrons. The Morgan fingerprint density at radius 3 is 2.80 bits per heavy atom. The third kappa shape index (κ3) is 2.91. The number of imide groups is 1. The van der Waals surface area contributed by atoms with E-state index in [2.05, 4.69) is 10.6 Å². The van der Waals surface area contributed by atoms with Gasteiger partial charge in [-0.2, -0.15) is 0 Å². The Labute approximate surface area is 86.4 Å². The number of aliphatic hydroxyl groups is 1. The molecule has 0 saturated carbocycles. The molecule has 84 valence electrons. The van der Waals surface area contributed by atoms with E-state index < -0.39 is 23.9 Å². The van der Waals surface area contributed by atoms with E-state index >= 15 is 0 Å². The number of hydrogen-bond acceptors (Lipinski definition) is 4. The number of nitrogens with one attached hydrogen (secondary N) is 2. The molecule has 0 aliphatic carbocycles. The van der Waals surface area contributed by atoms with E-state index in [1.807, 2.05) is 0 Å². The van der Waals surface area contributed by atoms with Gasteiger partial charge in [0.1, 0.15) is 6.54 Å². The summed E-state index contributed by atoms with van der Waals surface area (Å²) >= 11 is 0. The molecule has 0 aromatic heterocycles. The van der Waals surface area contributed by atoms with Crippen LogP contribution in [0.3, 0.4) is 0 Å². The first-order valence-corrected chi connectivity index (χ1v) is 4.53. The van der Waals surface area contributed by atoms with Gasteiger partial charge >= 0.3 is 6.03 Å². The predicted octanol–water partition coefficient (Wildman–Crippen LogP) is -1.96. The van der Waals surface area contributed by atoms with Crippen LogP contribution in [0.4, 0.5) is 4.79 Å². The minimum atomic E-state index is -0.563. The maximum Gasteiger partial charge on any atom is 0.325 e. The summed E-state index contributed by atoms with van der Waals surface area (Å²) in [5, 5.41) is 13.4. The van der Waals surface area contributed by atoms with Crippen molar-refractivity contribution in [1.29, 1.82) is 0 Å². The van der Waals surface area contributed by atoms with E-state index in [1.165, 1.54) is 0 Å². The van der Waals surface area contributed by atoms with Crippen molar-refractivity contribution in [2.45, 2.75) is 13.0 Å². The van der Waals surface area contributed by atoms with Crippen molar-refractivity contribution in [3.8, 4) is 0 Å². The van der Waals surface area contributed by atoms with E-state index in [1.54, 1.807) is 6.92 Å². The highest BCUT2D eigenvalue weighted by Gasteiger charge is 2.30. The number of amides is 4. The summed E-state index contributed by atoms with van der Waals surface area (Å²) in [4.78, 5) is 34.2. The smallest absolute Gasteiger partial charge is 0.325 e. The molecule has 0 bridgehead atoms. The Kier molecular flexibility index (Phi) is 3.62. The second-order valence-electron chi connectivity index (χ2n) is 3.29. The largest absolute Gasteiger partial charge is 0.394 e. The predicted molar refractivity (Wildman–Crippen MR) is 49.8 cm³/mol. The zero-order valence-electron chi connectivity index (χ0n) is 8.32. The van der Waals surface area contributed by atoms with Crippen molar-refractivity contribution in [3.05, 3.63) is 0 Å². The van der Waals surface area contributed by atoms with Gasteiger partial charge in [-0.3, -0.25) is 14.5 Å². The molecule has 3 N–H and O–H groups in total. The van der Waals surface area contributed by atoms with E-state index in [4.69, 9.17) is 5.11 Å². The van der Waals surface area contributed by atoms with Crippen LogP contribution in [0.25, 0.3) is 0 Å². The molecule has 15 heavy (non-hydrogen) atoms. The summed E-state index contributed by atoms with van der Waals surface area (Å²) < 4.78 is 0. The molecule has 1 rings (SSSR count). The van der Waals surface area contributed by atoms with E-state index in [0.29, 0.717) is 0 Å². The maximum absolute atomic E-state index is 11.3. The van der Waals surface area contributed by atoms with Gasteiger partial charge in [0, 0.05) is 6.04 Å². The summed E-state index contributed by atoms with van der Waals surface area (Å²) in [6.45, 7) is 1.05. The first-order valence-electron chi connectivity index (χ1n) is 4.53. The first kappa shape index (κ1) is 11.4. The van der Waals surface area contributed by atoms with Crippen LogP contribution in [-0.4, -0.2) is 53.6 Å². The highest BCUT2D eigenvalue weighted by molar-refractivity contribution is 6.04. The molecule has 1 aliphatic heterocycles. The van der Waals surface area contributed by atoms with Gasteiger partial charge in [-0.05, 0) is 6.92 Å². The molecule has 7 heteroatoms. The average molecular weight is 215 g/mol. The number of carbonyl (C=O) groups excluding carboxylic acids is 3. The van der Waals surface area contributed by atoms with Crippen molar-refractivity contribution >= 4 is 17.8 Å². The number of carbonyl (C=O) groups is 3. The quantitative estimate of drug-likeness (QED) is 0.474. The second kappa shape index (κ2) is 4.74. The van der Waals surface area contributed by atoms with Gasteiger partial charge in [0.15, 0.2) is 0 Å². The molecular weight excluding hydrogens is 202 g/mol. The first-order chi connectivity index (χ1) is 7.04. The molecule has 4 amide bonds. The molecule has 1 saturated heterocycles. The fourth-order valence-electron chi connectivity index (χ4n) is 1.13. The molecular formula is C8H13N3O4. The van der Waals surface area contributed by atoms with Gasteiger partial charge in [-0.25, -0.2) is 4.79 Å². The zero-order valence-corrected chi connectivity index (χ0v) is 8.32. The summed E-state index contributed by atoms with van der Waals surface area (Å²) in [6, 6.07) is -0.954. The van der Waals surface area contributed by atoms with Crippen LogP contribution in [0, 0.1) is 0 Å². The highest BCUT2D eigenvalue weighted by Crippen LogP contribution is 1.97. The fraction of sp³-hybridized carbons (Fsp3) is 0.625.